The number of rotatable bonds is 5. The van der Waals surface area contributed by atoms with Crippen LogP contribution in [0.25, 0.3) is 0 Å². The van der Waals surface area contributed by atoms with Gasteiger partial charge in [0.15, 0.2) is 0 Å². The maximum atomic E-state index is 11.9. The van der Waals surface area contributed by atoms with Gasteiger partial charge in [-0.05, 0) is 31.5 Å². The van der Waals surface area contributed by atoms with Crippen LogP contribution in [0.5, 0.6) is 0 Å². The van der Waals surface area contributed by atoms with E-state index in [0.29, 0.717) is 19.5 Å². The lowest BCUT2D eigenvalue weighted by Gasteiger charge is -2.08. The minimum Gasteiger partial charge on any atom is -0.334 e. The molecule has 1 aromatic heterocycles. The van der Waals surface area contributed by atoms with Gasteiger partial charge in [-0.2, -0.15) is 0 Å². The first-order valence-corrected chi connectivity index (χ1v) is 6.67. The highest BCUT2D eigenvalue weighted by Gasteiger charge is 2.06. The number of imidazole rings is 1. The van der Waals surface area contributed by atoms with Crippen molar-refractivity contribution in [2.45, 2.75) is 33.4 Å². The minimum atomic E-state index is -0.00933. The molecule has 0 aliphatic carbocycles. The Labute approximate surface area is 118 Å². The van der Waals surface area contributed by atoms with Crippen LogP contribution in [-0.4, -0.2) is 15.5 Å². The third-order valence-electron chi connectivity index (χ3n) is 3.37. The number of nitrogens with one attached hydrogen (secondary N) is 1. The van der Waals surface area contributed by atoms with E-state index in [2.05, 4.69) is 10.3 Å². The molecule has 0 atom stereocenters. The number of hydrogen-bond donors (Lipinski definition) is 2. The quantitative estimate of drug-likeness (QED) is 0.874. The Morgan fingerprint density at radius 1 is 1.40 bits per heavy atom. The molecule has 20 heavy (non-hydrogen) atoms. The van der Waals surface area contributed by atoms with Crippen LogP contribution < -0.4 is 11.1 Å². The number of aromatic nitrogens is 2. The van der Waals surface area contributed by atoms with Crippen LogP contribution in [0.15, 0.2) is 30.6 Å². The largest absolute Gasteiger partial charge is 0.334 e. The zero-order valence-electron chi connectivity index (χ0n) is 11.9. The Kier molecular flexibility index (Phi) is 4.53. The monoisotopic (exact) mass is 272 g/mol. The zero-order valence-corrected chi connectivity index (χ0v) is 11.9. The first-order valence-electron chi connectivity index (χ1n) is 6.67. The second-order valence-corrected chi connectivity index (χ2v) is 4.81. The predicted octanol–water partition coefficient (Wildman–Crippen LogP) is 1.99. The fourth-order valence-corrected chi connectivity index (χ4v) is 1.99. The lowest BCUT2D eigenvalue weighted by molar-refractivity contribution is -0.116. The molecule has 1 amide bonds. The molecule has 0 fully saturated rings. The first-order chi connectivity index (χ1) is 9.60. The van der Waals surface area contributed by atoms with Crippen molar-refractivity contribution < 1.29 is 4.79 Å². The lowest BCUT2D eigenvalue weighted by atomic mass is 10.2. The molecule has 106 valence electrons. The Hall–Kier alpha value is -2.14. The third kappa shape index (κ3) is 3.45. The average Bonchev–Trinajstić information content (AvgIpc) is 2.77. The van der Waals surface area contributed by atoms with Gasteiger partial charge in [-0.1, -0.05) is 12.1 Å². The van der Waals surface area contributed by atoms with E-state index in [4.69, 9.17) is 5.73 Å². The van der Waals surface area contributed by atoms with E-state index in [1.807, 2.05) is 42.7 Å². The van der Waals surface area contributed by atoms with Gasteiger partial charge in [-0.15, -0.1) is 0 Å². The smallest absolute Gasteiger partial charge is 0.226 e. The summed E-state index contributed by atoms with van der Waals surface area (Å²) in [5.74, 6) is -0.00933. The molecule has 2 aromatic rings. The zero-order chi connectivity index (χ0) is 14.5. The molecule has 0 saturated carbocycles. The molecule has 1 heterocycles. The number of nitrogens with zero attached hydrogens (tertiary/aromatic N) is 2. The molecule has 5 nitrogen and oxygen atoms in total. The number of carbonyl (C=O) groups is 1. The molecule has 1 aromatic carbocycles. The maximum absolute atomic E-state index is 11.9. The number of nitrogens with two attached hydrogens (primary N) is 1. The summed E-state index contributed by atoms with van der Waals surface area (Å²) in [6.07, 6.45) is 2.19. The lowest BCUT2D eigenvalue weighted by Crippen LogP contribution is -2.15. The summed E-state index contributed by atoms with van der Waals surface area (Å²) in [5, 5.41) is 2.88. The van der Waals surface area contributed by atoms with Gasteiger partial charge >= 0.3 is 0 Å². The average molecular weight is 272 g/mol. The number of hydrogen-bond acceptors (Lipinski definition) is 3. The fraction of sp³-hybridized carbons (Fsp3) is 0.333. The normalized spacial score (nSPS) is 10.6. The van der Waals surface area contributed by atoms with E-state index < -0.39 is 0 Å². The summed E-state index contributed by atoms with van der Waals surface area (Å²) < 4.78 is 1.99. The number of anilines is 1. The van der Waals surface area contributed by atoms with Crippen LogP contribution >= 0.6 is 0 Å². The summed E-state index contributed by atoms with van der Waals surface area (Å²) in [5.41, 5.74) is 9.47. The summed E-state index contributed by atoms with van der Waals surface area (Å²) in [6, 6.07) is 7.59. The molecule has 0 radical (unpaired) electrons. The fourth-order valence-electron chi connectivity index (χ4n) is 1.99. The topological polar surface area (TPSA) is 72.9 Å². The van der Waals surface area contributed by atoms with Crippen molar-refractivity contribution in [1.29, 1.82) is 0 Å². The van der Waals surface area contributed by atoms with Crippen LogP contribution in [0.1, 0.15) is 23.4 Å². The molecule has 3 N–H and O–H groups in total. The van der Waals surface area contributed by atoms with Crippen molar-refractivity contribution in [3.63, 3.8) is 0 Å². The molecule has 0 bridgehead atoms. The van der Waals surface area contributed by atoms with Gasteiger partial charge in [-0.25, -0.2) is 4.98 Å². The van der Waals surface area contributed by atoms with E-state index in [1.54, 1.807) is 6.33 Å². The molecular weight excluding hydrogens is 252 g/mol. The first kappa shape index (κ1) is 14.3. The Morgan fingerprint density at radius 3 is 2.85 bits per heavy atom. The molecule has 0 aliphatic heterocycles. The molecular formula is C15H20N4O. The van der Waals surface area contributed by atoms with E-state index >= 15 is 0 Å². The van der Waals surface area contributed by atoms with Crippen molar-refractivity contribution in [3.05, 3.63) is 47.5 Å². The van der Waals surface area contributed by atoms with Crippen LogP contribution in [0.2, 0.25) is 0 Å². The van der Waals surface area contributed by atoms with E-state index in [1.165, 1.54) is 0 Å². The van der Waals surface area contributed by atoms with Gasteiger partial charge in [-0.3, -0.25) is 4.79 Å². The van der Waals surface area contributed by atoms with Gasteiger partial charge in [0.2, 0.25) is 5.91 Å². The standard InChI is InChI=1S/C15H20N4O/c1-11-12(2)19(10-17-11)7-6-15(20)18-14-5-3-4-13(8-14)9-16/h3-5,8,10H,6-7,9,16H2,1-2H3,(H,18,20). The Morgan fingerprint density at radius 2 is 2.20 bits per heavy atom. The predicted molar refractivity (Wildman–Crippen MR) is 79.3 cm³/mol. The van der Waals surface area contributed by atoms with Crippen molar-refractivity contribution >= 4 is 11.6 Å². The van der Waals surface area contributed by atoms with Crippen LogP contribution in [0.4, 0.5) is 5.69 Å². The number of benzene rings is 1. The number of aryl methyl sites for hydroxylation is 2. The van der Waals surface area contributed by atoms with Gasteiger partial charge in [0.1, 0.15) is 0 Å². The van der Waals surface area contributed by atoms with Crippen molar-refractivity contribution in [1.82, 2.24) is 9.55 Å². The van der Waals surface area contributed by atoms with Crippen molar-refractivity contribution in [2.24, 2.45) is 5.73 Å². The molecule has 0 aliphatic rings. The van der Waals surface area contributed by atoms with Crippen LogP contribution in [0.3, 0.4) is 0 Å². The molecule has 2 rings (SSSR count). The van der Waals surface area contributed by atoms with Crippen LogP contribution in [-0.2, 0) is 17.9 Å². The Balaban J connectivity index is 1.90. The van der Waals surface area contributed by atoms with E-state index in [9.17, 15) is 4.79 Å². The minimum absolute atomic E-state index is 0.00933. The highest BCUT2D eigenvalue weighted by Crippen LogP contribution is 2.11. The van der Waals surface area contributed by atoms with E-state index in [0.717, 1.165) is 22.6 Å². The third-order valence-corrected chi connectivity index (χ3v) is 3.37. The SMILES string of the molecule is Cc1ncn(CCC(=O)Nc2cccc(CN)c2)c1C. The summed E-state index contributed by atoms with van der Waals surface area (Å²) in [4.78, 5) is 16.1. The summed E-state index contributed by atoms with van der Waals surface area (Å²) in [7, 11) is 0. The number of amides is 1. The molecule has 5 heteroatoms. The number of carbonyl (C=O) groups excluding carboxylic acids is 1. The van der Waals surface area contributed by atoms with Crippen molar-refractivity contribution in [2.75, 3.05) is 5.32 Å². The van der Waals surface area contributed by atoms with Gasteiger partial charge < -0.3 is 15.6 Å². The van der Waals surface area contributed by atoms with Crippen molar-refractivity contribution in [3.8, 4) is 0 Å². The molecule has 0 unspecified atom stereocenters. The highest BCUT2D eigenvalue weighted by molar-refractivity contribution is 5.90. The van der Waals surface area contributed by atoms with Crippen LogP contribution in [0, 0.1) is 13.8 Å². The van der Waals surface area contributed by atoms with E-state index in [-0.39, 0.29) is 5.91 Å². The van der Waals surface area contributed by atoms with Gasteiger partial charge in [0, 0.05) is 30.9 Å². The summed E-state index contributed by atoms with van der Waals surface area (Å²) in [6.45, 7) is 5.07. The highest BCUT2D eigenvalue weighted by atomic mass is 16.1. The molecule has 0 spiro atoms. The second-order valence-electron chi connectivity index (χ2n) is 4.81. The summed E-state index contributed by atoms with van der Waals surface area (Å²) >= 11 is 0. The van der Waals surface area contributed by atoms with Gasteiger partial charge in [0.05, 0.1) is 12.0 Å². The maximum Gasteiger partial charge on any atom is 0.226 e. The Bertz CT molecular complexity index is 604. The second kappa shape index (κ2) is 6.34. The van der Waals surface area contributed by atoms with Gasteiger partial charge in [0.25, 0.3) is 0 Å². The molecule has 0 saturated heterocycles.